The minimum absolute atomic E-state index is 0.0369. The first-order chi connectivity index (χ1) is 13.8. The van der Waals surface area contributed by atoms with Gasteiger partial charge in [0, 0.05) is 31.7 Å². The van der Waals surface area contributed by atoms with E-state index in [1.165, 1.54) is 16.4 Å². The molecule has 29 heavy (non-hydrogen) atoms. The maximum atomic E-state index is 13.0. The normalized spacial score (nSPS) is 16.0. The Kier molecular flexibility index (Phi) is 6.56. The summed E-state index contributed by atoms with van der Waals surface area (Å²) in [6.07, 6.45) is -0.0369. The van der Waals surface area contributed by atoms with Gasteiger partial charge in [0.25, 0.3) is 5.91 Å². The first-order valence-electron chi connectivity index (χ1n) is 9.63. The van der Waals surface area contributed by atoms with E-state index in [9.17, 15) is 13.2 Å². The summed E-state index contributed by atoms with van der Waals surface area (Å²) in [7, 11) is -1.67. The molecule has 0 unspecified atom stereocenters. The maximum Gasteiger partial charge on any atom is 0.255 e. The number of sulfonamides is 1. The Morgan fingerprint density at radius 3 is 2.41 bits per heavy atom. The number of hydrogen-bond donors (Lipinski definition) is 1. The molecule has 1 aliphatic heterocycles. The van der Waals surface area contributed by atoms with Crippen molar-refractivity contribution >= 4 is 21.6 Å². The number of amides is 1. The van der Waals surface area contributed by atoms with Crippen molar-refractivity contribution in [1.29, 1.82) is 0 Å². The van der Waals surface area contributed by atoms with Crippen molar-refractivity contribution in [2.24, 2.45) is 0 Å². The summed E-state index contributed by atoms with van der Waals surface area (Å²) in [5.74, 6) is 0.178. The van der Waals surface area contributed by atoms with Crippen molar-refractivity contribution in [3.63, 3.8) is 0 Å². The number of anilines is 1. The number of benzene rings is 2. The fourth-order valence-electron chi connectivity index (χ4n) is 3.10. The number of piperazine rings is 1. The molecule has 0 spiro atoms. The molecule has 2 aromatic carbocycles. The number of nitrogens with one attached hydrogen (secondary N) is 1. The number of carbonyl (C=O) groups excluding carboxylic acids is 1. The van der Waals surface area contributed by atoms with E-state index in [0.717, 1.165) is 0 Å². The molecule has 7 nitrogen and oxygen atoms in total. The van der Waals surface area contributed by atoms with Gasteiger partial charge in [0.05, 0.1) is 16.7 Å². The predicted octanol–water partition coefficient (Wildman–Crippen LogP) is 2.66. The molecule has 1 saturated heterocycles. The lowest BCUT2D eigenvalue weighted by Gasteiger charge is -2.31. The van der Waals surface area contributed by atoms with Gasteiger partial charge in [0.15, 0.2) is 0 Å². The predicted molar refractivity (Wildman–Crippen MR) is 113 cm³/mol. The van der Waals surface area contributed by atoms with Crippen LogP contribution in [0.25, 0.3) is 0 Å². The Labute approximate surface area is 172 Å². The number of nitrogens with zero attached hydrogens (tertiary/aromatic N) is 2. The van der Waals surface area contributed by atoms with Crippen LogP contribution in [0.15, 0.2) is 53.4 Å². The second kappa shape index (κ2) is 8.94. The standard InChI is InChI=1S/C21H27N3O4S/c1-16(2)28-20-10-5-4-9-19(20)22-21(25)17-7-6-8-18(15-17)29(26,27)24-13-11-23(3)12-14-24/h4-10,15-16H,11-14H2,1-3H3,(H,22,25). The third-order valence-electron chi connectivity index (χ3n) is 4.69. The molecule has 2 aromatic rings. The van der Waals surface area contributed by atoms with Gasteiger partial charge in [-0.2, -0.15) is 4.31 Å². The smallest absolute Gasteiger partial charge is 0.255 e. The van der Waals surface area contributed by atoms with Crippen molar-refractivity contribution in [3.05, 3.63) is 54.1 Å². The van der Waals surface area contributed by atoms with E-state index in [4.69, 9.17) is 4.74 Å². The Balaban J connectivity index is 1.80. The zero-order chi connectivity index (χ0) is 21.0. The first-order valence-corrected chi connectivity index (χ1v) is 11.1. The van der Waals surface area contributed by atoms with E-state index in [-0.39, 0.29) is 22.5 Å². The van der Waals surface area contributed by atoms with Gasteiger partial charge in [0.1, 0.15) is 5.75 Å². The average Bonchev–Trinajstić information content (AvgIpc) is 2.69. The van der Waals surface area contributed by atoms with E-state index in [1.54, 1.807) is 30.3 Å². The summed E-state index contributed by atoms with van der Waals surface area (Å²) >= 11 is 0. The largest absolute Gasteiger partial charge is 0.489 e. The highest BCUT2D eigenvalue weighted by atomic mass is 32.2. The topological polar surface area (TPSA) is 78.9 Å². The lowest BCUT2D eigenvalue weighted by Crippen LogP contribution is -2.47. The zero-order valence-corrected chi connectivity index (χ0v) is 17.8. The zero-order valence-electron chi connectivity index (χ0n) is 17.0. The molecule has 1 N–H and O–H groups in total. The van der Waals surface area contributed by atoms with Crippen LogP contribution in [0.2, 0.25) is 0 Å². The summed E-state index contributed by atoms with van der Waals surface area (Å²) < 4.78 is 33.1. The fourth-order valence-corrected chi connectivity index (χ4v) is 4.57. The summed E-state index contributed by atoms with van der Waals surface area (Å²) in [6, 6.07) is 13.3. The third kappa shape index (κ3) is 5.14. The third-order valence-corrected chi connectivity index (χ3v) is 6.59. The van der Waals surface area contributed by atoms with Gasteiger partial charge in [-0.1, -0.05) is 18.2 Å². The molecule has 1 fully saturated rings. The number of ether oxygens (including phenoxy) is 1. The molecule has 0 radical (unpaired) electrons. The highest BCUT2D eigenvalue weighted by Crippen LogP contribution is 2.26. The molecule has 8 heteroatoms. The molecule has 0 atom stereocenters. The molecule has 0 aliphatic carbocycles. The van der Waals surface area contributed by atoms with Gasteiger partial charge >= 0.3 is 0 Å². The van der Waals surface area contributed by atoms with Crippen LogP contribution in [-0.2, 0) is 10.0 Å². The van der Waals surface area contributed by atoms with E-state index < -0.39 is 10.0 Å². The summed E-state index contributed by atoms with van der Waals surface area (Å²) in [6.45, 7) is 6.07. The van der Waals surface area contributed by atoms with Crippen molar-refractivity contribution in [2.75, 3.05) is 38.5 Å². The summed E-state index contributed by atoms with van der Waals surface area (Å²) in [4.78, 5) is 15.0. The molecule has 1 aliphatic rings. The second-order valence-corrected chi connectivity index (χ2v) is 9.29. The van der Waals surface area contributed by atoms with Crippen LogP contribution in [0.1, 0.15) is 24.2 Å². The van der Waals surface area contributed by atoms with Crippen LogP contribution in [0, 0.1) is 0 Å². The minimum Gasteiger partial charge on any atom is -0.489 e. The van der Waals surface area contributed by atoms with E-state index in [2.05, 4.69) is 10.2 Å². The van der Waals surface area contributed by atoms with E-state index in [0.29, 0.717) is 37.6 Å². The SMILES string of the molecule is CC(C)Oc1ccccc1NC(=O)c1cccc(S(=O)(=O)N2CCN(C)CC2)c1. The van der Waals surface area contributed by atoms with Gasteiger partial charge in [-0.15, -0.1) is 0 Å². The van der Waals surface area contributed by atoms with Gasteiger partial charge in [0.2, 0.25) is 10.0 Å². The summed E-state index contributed by atoms with van der Waals surface area (Å²) in [5.41, 5.74) is 0.818. The number of para-hydroxylation sites is 2. The second-order valence-electron chi connectivity index (χ2n) is 7.35. The van der Waals surface area contributed by atoms with Crippen molar-refractivity contribution in [1.82, 2.24) is 9.21 Å². The van der Waals surface area contributed by atoms with Crippen LogP contribution < -0.4 is 10.1 Å². The molecule has 1 amide bonds. The lowest BCUT2D eigenvalue weighted by atomic mass is 10.2. The van der Waals surface area contributed by atoms with Crippen molar-refractivity contribution < 1.29 is 17.9 Å². The maximum absolute atomic E-state index is 13.0. The Morgan fingerprint density at radius 1 is 1.03 bits per heavy atom. The highest BCUT2D eigenvalue weighted by Gasteiger charge is 2.28. The number of hydrogen-bond acceptors (Lipinski definition) is 5. The monoisotopic (exact) mass is 417 g/mol. The molecule has 0 saturated carbocycles. The van der Waals surface area contributed by atoms with Crippen LogP contribution in [0.4, 0.5) is 5.69 Å². The van der Waals surface area contributed by atoms with E-state index >= 15 is 0 Å². The van der Waals surface area contributed by atoms with Gasteiger partial charge in [-0.25, -0.2) is 8.42 Å². The number of likely N-dealkylation sites (N-methyl/N-ethyl adjacent to an activating group) is 1. The van der Waals surface area contributed by atoms with Crippen LogP contribution in [0.3, 0.4) is 0 Å². The average molecular weight is 418 g/mol. The highest BCUT2D eigenvalue weighted by molar-refractivity contribution is 7.89. The first kappa shape index (κ1) is 21.3. The number of carbonyl (C=O) groups is 1. The van der Waals surface area contributed by atoms with Crippen molar-refractivity contribution in [2.45, 2.75) is 24.8 Å². The molecule has 3 rings (SSSR count). The fraction of sp³-hybridized carbons (Fsp3) is 0.381. The van der Waals surface area contributed by atoms with Crippen LogP contribution in [0.5, 0.6) is 5.75 Å². The lowest BCUT2D eigenvalue weighted by molar-refractivity contribution is 0.102. The Hall–Kier alpha value is -2.42. The molecule has 0 aromatic heterocycles. The molecular weight excluding hydrogens is 390 g/mol. The number of rotatable bonds is 6. The van der Waals surface area contributed by atoms with Crippen molar-refractivity contribution in [3.8, 4) is 5.75 Å². The van der Waals surface area contributed by atoms with E-state index in [1.807, 2.05) is 27.0 Å². The van der Waals surface area contributed by atoms with Crippen LogP contribution >= 0.6 is 0 Å². The van der Waals surface area contributed by atoms with Gasteiger partial charge < -0.3 is 15.0 Å². The Morgan fingerprint density at radius 2 is 1.72 bits per heavy atom. The molecule has 156 valence electrons. The molecular formula is C21H27N3O4S. The van der Waals surface area contributed by atoms with Gasteiger partial charge in [-0.05, 0) is 51.2 Å². The van der Waals surface area contributed by atoms with Gasteiger partial charge in [-0.3, -0.25) is 4.79 Å². The Bertz CT molecular complexity index is 967. The van der Waals surface area contributed by atoms with Crippen LogP contribution in [-0.4, -0.2) is 62.9 Å². The summed E-state index contributed by atoms with van der Waals surface area (Å²) in [5, 5.41) is 2.82. The molecule has 0 bridgehead atoms. The quantitative estimate of drug-likeness (QED) is 0.782. The minimum atomic E-state index is -3.64. The molecule has 1 heterocycles.